The lowest BCUT2D eigenvalue weighted by atomic mass is 10.0. The van der Waals surface area contributed by atoms with Crippen LogP contribution in [0, 0.1) is 5.92 Å². The number of hydrogen-bond donors (Lipinski definition) is 2. The normalized spacial score (nSPS) is 16.6. The van der Waals surface area contributed by atoms with Gasteiger partial charge in [-0.15, -0.1) is 0 Å². The van der Waals surface area contributed by atoms with E-state index in [4.69, 9.17) is 0 Å². The summed E-state index contributed by atoms with van der Waals surface area (Å²) in [6, 6.07) is 9.92. The molecule has 1 amide bonds. The molecule has 3 rings (SSSR count). The van der Waals surface area contributed by atoms with Gasteiger partial charge in [0.25, 0.3) is 5.91 Å². The number of para-hydroxylation sites is 1. The molecule has 5 heteroatoms. The summed E-state index contributed by atoms with van der Waals surface area (Å²) in [7, 11) is 0. The molecular weight excluding hydrogens is 314 g/mol. The summed E-state index contributed by atoms with van der Waals surface area (Å²) >= 11 is 0. The highest BCUT2D eigenvalue weighted by Gasteiger charge is 2.26. The fourth-order valence-electron chi connectivity index (χ4n) is 3.32. The lowest BCUT2D eigenvalue weighted by Gasteiger charge is -2.18. The van der Waals surface area contributed by atoms with E-state index in [0.717, 1.165) is 42.6 Å². The maximum Gasteiger partial charge on any atom is 0.272 e. The van der Waals surface area contributed by atoms with Crippen molar-refractivity contribution in [2.45, 2.75) is 52.0 Å². The SMILES string of the molecule is CC(CO)C(C)NC(=O)c1nn(-c2ccccc2)c2c1CCCCC2. The van der Waals surface area contributed by atoms with Gasteiger partial charge in [-0.3, -0.25) is 4.79 Å². The van der Waals surface area contributed by atoms with E-state index in [9.17, 15) is 9.90 Å². The molecule has 0 radical (unpaired) electrons. The van der Waals surface area contributed by atoms with Crippen LogP contribution in [0.4, 0.5) is 0 Å². The van der Waals surface area contributed by atoms with E-state index < -0.39 is 0 Å². The van der Waals surface area contributed by atoms with Crippen molar-refractivity contribution in [2.24, 2.45) is 5.92 Å². The first kappa shape index (κ1) is 17.7. The molecule has 25 heavy (non-hydrogen) atoms. The molecule has 1 aromatic heterocycles. The average molecular weight is 341 g/mol. The quantitative estimate of drug-likeness (QED) is 0.822. The second-order valence-electron chi connectivity index (χ2n) is 7.00. The van der Waals surface area contributed by atoms with Crippen molar-refractivity contribution in [3.63, 3.8) is 0 Å². The molecule has 1 aliphatic carbocycles. The van der Waals surface area contributed by atoms with Crippen LogP contribution in [0.25, 0.3) is 5.69 Å². The van der Waals surface area contributed by atoms with Crippen molar-refractivity contribution in [3.8, 4) is 5.69 Å². The van der Waals surface area contributed by atoms with Crippen molar-refractivity contribution >= 4 is 5.91 Å². The van der Waals surface area contributed by atoms with Gasteiger partial charge < -0.3 is 10.4 Å². The number of benzene rings is 1. The Hall–Kier alpha value is -2.14. The summed E-state index contributed by atoms with van der Waals surface area (Å²) < 4.78 is 1.94. The molecule has 2 aromatic rings. The molecule has 134 valence electrons. The van der Waals surface area contributed by atoms with Gasteiger partial charge in [0.05, 0.1) is 5.69 Å². The Morgan fingerprint density at radius 2 is 1.92 bits per heavy atom. The van der Waals surface area contributed by atoms with E-state index in [-0.39, 0.29) is 24.5 Å². The number of carbonyl (C=O) groups excluding carboxylic acids is 1. The fraction of sp³-hybridized carbons (Fsp3) is 0.500. The van der Waals surface area contributed by atoms with Gasteiger partial charge in [0.15, 0.2) is 5.69 Å². The van der Waals surface area contributed by atoms with Crippen molar-refractivity contribution < 1.29 is 9.90 Å². The summed E-state index contributed by atoms with van der Waals surface area (Å²) in [6.07, 6.45) is 5.26. The van der Waals surface area contributed by atoms with Gasteiger partial charge in [0.2, 0.25) is 0 Å². The Labute approximate surface area is 149 Å². The predicted molar refractivity (Wildman–Crippen MR) is 98.0 cm³/mol. The van der Waals surface area contributed by atoms with Gasteiger partial charge in [-0.2, -0.15) is 5.10 Å². The zero-order chi connectivity index (χ0) is 17.8. The molecule has 5 nitrogen and oxygen atoms in total. The van der Waals surface area contributed by atoms with Gasteiger partial charge in [0.1, 0.15) is 0 Å². The number of aliphatic hydroxyl groups excluding tert-OH is 1. The Morgan fingerprint density at radius 1 is 1.20 bits per heavy atom. The lowest BCUT2D eigenvalue weighted by Crippen LogP contribution is -2.38. The van der Waals surface area contributed by atoms with Crippen LogP contribution in [0.5, 0.6) is 0 Å². The van der Waals surface area contributed by atoms with Crippen LogP contribution in [0.15, 0.2) is 30.3 Å². The van der Waals surface area contributed by atoms with Crippen LogP contribution in [0.1, 0.15) is 54.9 Å². The van der Waals surface area contributed by atoms with Gasteiger partial charge in [-0.1, -0.05) is 31.5 Å². The van der Waals surface area contributed by atoms with E-state index in [1.165, 1.54) is 6.42 Å². The Bertz CT molecular complexity index is 724. The topological polar surface area (TPSA) is 67.2 Å². The molecule has 0 fully saturated rings. The van der Waals surface area contributed by atoms with Crippen LogP contribution < -0.4 is 5.32 Å². The highest BCUT2D eigenvalue weighted by molar-refractivity contribution is 5.94. The van der Waals surface area contributed by atoms with Crippen LogP contribution in [0.3, 0.4) is 0 Å². The van der Waals surface area contributed by atoms with E-state index >= 15 is 0 Å². The molecule has 1 aromatic carbocycles. The smallest absolute Gasteiger partial charge is 0.272 e. The number of nitrogens with one attached hydrogen (secondary N) is 1. The molecule has 2 atom stereocenters. The first-order valence-electron chi connectivity index (χ1n) is 9.19. The van der Waals surface area contributed by atoms with Gasteiger partial charge in [-0.25, -0.2) is 4.68 Å². The largest absolute Gasteiger partial charge is 0.396 e. The Balaban J connectivity index is 1.96. The third-order valence-corrected chi connectivity index (χ3v) is 5.15. The summed E-state index contributed by atoms with van der Waals surface area (Å²) in [5, 5.41) is 17.0. The zero-order valence-corrected chi connectivity index (χ0v) is 15.0. The van der Waals surface area contributed by atoms with E-state index in [2.05, 4.69) is 10.4 Å². The molecular formula is C20H27N3O2. The third kappa shape index (κ3) is 3.76. The number of fused-ring (bicyclic) bond motifs is 1. The number of rotatable bonds is 5. The third-order valence-electron chi connectivity index (χ3n) is 5.15. The molecule has 1 aliphatic rings. The van der Waals surface area contributed by atoms with Gasteiger partial charge in [0, 0.05) is 23.9 Å². The number of nitrogens with zero attached hydrogens (tertiary/aromatic N) is 2. The summed E-state index contributed by atoms with van der Waals surface area (Å²) in [6.45, 7) is 3.90. The molecule has 1 heterocycles. The van der Waals surface area contributed by atoms with Crippen LogP contribution in [0.2, 0.25) is 0 Å². The molecule has 0 bridgehead atoms. The minimum absolute atomic E-state index is 0.0127. The van der Waals surface area contributed by atoms with E-state index in [1.54, 1.807) is 0 Å². The number of hydrogen-bond acceptors (Lipinski definition) is 3. The first-order valence-corrected chi connectivity index (χ1v) is 9.19. The minimum atomic E-state index is -0.138. The second kappa shape index (κ2) is 7.83. The van der Waals surface area contributed by atoms with Gasteiger partial charge >= 0.3 is 0 Å². The molecule has 0 aliphatic heterocycles. The molecule has 2 unspecified atom stereocenters. The highest BCUT2D eigenvalue weighted by atomic mass is 16.3. The molecule has 0 saturated carbocycles. The predicted octanol–water partition coefficient (Wildman–Crippen LogP) is 2.89. The van der Waals surface area contributed by atoms with Gasteiger partial charge in [-0.05, 0) is 50.7 Å². The first-order chi connectivity index (χ1) is 12.1. The van der Waals surface area contributed by atoms with Crippen molar-refractivity contribution in [2.75, 3.05) is 6.61 Å². The molecule has 0 saturated heterocycles. The zero-order valence-electron chi connectivity index (χ0n) is 15.0. The number of aromatic nitrogens is 2. The van der Waals surface area contributed by atoms with Crippen molar-refractivity contribution in [3.05, 3.63) is 47.3 Å². The van der Waals surface area contributed by atoms with E-state index in [1.807, 2.05) is 48.9 Å². The van der Waals surface area contributed by atoms with Crippen LogP contribution in [-0.2, 0) is 12.8 Å². The van der Waals surface area contributed by atoms with Crippen LogP contribution >= 0.6 is 0 Å². The standard InChI is InChI=1S/C20H27N3O2/c1-14(13-24)15(2)21-20(25)19-17-11-7-4-8-12-18(17)23(22-19)16-9-5-3-6-10-16/h3,5-6,9-10,14-15,24H,4,7-8,11-13H2,1-2H3,(H,21,25). The Kier molecular flexibility index (Phi) is 5.53. The maximum atomic E-state index is 12.8. The minimum Gasteiger partial charge on any atom is -0.396 e. The monoisotopic (exact) mass is 341 g/mol. The van der Waals surface area contributed by atoms with Crippen LogP contribution in [-0.4, -0.2) is 33.4 Å². The molecule has 0 spiro atoms. The number of carbonyl (C=O) groups is 1. The molecule has 2 N–H and O–H groups in total. The number of amides is 1. The summed E-state index contributed by atoms with van der Waals surface area (Å²) in [5.74, 6) is -0.126. The lowest BCUT2D eigenvalue weighted by molar-refractivity contribution is 0.0910. The highest BCUT2D eigenvalue weighted by Crippen LogP contribution is 2.26. The second-order valence-corrected chi connectivity index (χ2v) is 7.00. The summed E-state index contributed by atoms with van der Waals surface area (Å²) in [4.78, 5) is 12.8. The Morgan fingerprint density at radius 3 is 2.64 bits per heavy atom. The number of aliphatic hydroxyl groups is 1. The van der Waals surface area contributed by atoms with Crippen molar-refractivity contribution in [1.82, 2.24) is 15.1 Å². The average Bonchev–Trinajstić information content (AvgIpc) is 2.83. The fourth-order valence-corrected chi connectivity index (χ4v) is 3.32. The van der Waals surface area contributed by atoms with Crippen molar-refractivity contribution in [1.29, 1.82) is 0 Å². The van der Waals surface area contributed by atoms with E-state index in [0.29, 0.717) is 5.69 Å². The maximum absolute atomic E-state index is 12.8. The summed E-state index contributed by atoms with van der Waals surface area (Å²) in [5.41, 5.74) is 3.79.